The van der Waals surface area contributed by atoms with Gasteiger partial charge in [0.05, 0.1) is 24.0 Å². The standard InChI is InChI=1S/C20H20ClNO3S/c21-16-10-14(11-18-20(16)25-9-3-8-24-18)12-26-13-19(23)22-7-6-15-4-1-2-5-17(15)22/h1-2,4-5,10-11H,3,6-9,12-13H2. The molecular weight excluding hydrogens is 370 g/mol. The number of halogens is 1. The molecule has 0 N–H and O–H groups in total. The van der Waals surface area contributed by atoms with Crippen molar-refractivity contribution in [3.63, 3.8) is 0 Å². The number of para-hydroxylation sites is 1. The maximum absolute atomic E-state index is 12.6. The topological polar surface area (TPSA) is 38.8 Å². The molecule has 4 nitrogen and oxygen atoms in total. The van der Waals surface area contributed by atoms with Crippen molar-refractivity contribution >= 4 is 35.0 Å². The van der Waals surface area contributed by atoms with E-state index < -0.39 is 0 Å². The van der Waals surface area contributed by atoms with Crippen molar-refractivity contribution < 1.29 is 14.3 Å². The first kappa shape index (κ1) is 17.6. The zero-order valence-electron chi connectivity index (χ0n) is 14.4. The highest BCUT2D eigenvalue weighted by Crippen LogP contribution is 2.38. The minimum atomic E-state index is 0.153. The zero-order valence-corrected chi connectivity index (χ0v) is 15.9. The number of hydrogen-bond donors (Lipinski definition) is 0. The summed E-state index contributed by atoms with van der Waals surface area (Å²) in [6.07, 6.45) is 1.78. The predicted molar refractivity (Wildman–Crippen MR) is 106 cm³/mol. The van der Waals surface area contributed by atoms with Gasteiger partial charge in [0.15, 0.2) is 11.5 Å². The summed E-state index contributed by atoms with van der Waals surface area (Å²) in [5, 5.41) is 0.569. The molecule has 0 fully saturated rings. The van der Waals surface area contributed by atoms with Crippen LogP contribution in [0.5, 0.6) is 11.5 Å². The number of carbonyl (C=O) groups is 1. The second kappa shape index (κ2) is 7.80. The molecule has 0 spiro atoms. The smallest absolute Gasteiger partial charge is 0.237 e. The van der Waals surface area contributed by atoms with Crippen LogP contribution < -0.4 is 14.4 Å². The SMILES string of the molecule is O=C(CSCc1cc(Cl)c2c(c1)OCCCO2)N1CCc2ccccc21. The fourth-order valence-electron chi connectivity index (χ4n) is 3.30. The molecule has 0 aromatic heterocycles. The van der Waals surface area contributed by atoms with Gasteiger partial charge in [-0.15, -0.1) is 11.8 Å². The molecule has 0 bridgehead atoms. The summed E-state index contributed by atoms with van der Waals surface area (Å²) in [6, 6.07) is 12.0. The van der Waals surface area contributed by atoms with Crippen LogP contribution in [0, 0.1) is 0 Å². The minimum absolute atomic E-state index is 0.153. The number of nitrogens with zero attached hydrogens (tertiary/aromatic N) is 1. The van der Waals surface area contributed by atoms with Crippen LogP contribution in [0.4, 0.5) is 5.69 Å². The summed E-state index contributed by atoms with van der Waals surface area (Å²) < 4.78 is 11.4. The molecule has 0 aliphatic carbocycles. The lowest BCUT2D eigenvalue weighted by Crippen LogP contribution is -2.30. The summed E-state index contributed by atoms with van der Waals surface area (Å²) in [6.45, 7) is 2.02. The van der Waals surface area contributed by atoms with Crippen molar-refractivity contribution in [2.45, 2.75) is 18.6 Å². The number of hydrogen-bond acceptors (Lipinski definition) is 4. The van der Waals surface area contributed by atoms with Crippen LogP contribution in [-0.2, 0) is 17.0 Å². The fourth-order valence-corrected chi connectivity index (χ4v) is 4.42. The Morgan fingerprint density at radius 3 is 2.96 bits per heavy atom. The highest BCUT2D eigenvalue weighted by Gasteiger charge is 2.24. The Kier molecular flexibility index (Phi) is 5.27. The molecule has 0 saturated heterocycles. The summed E-state index contributed by atoms with van der Waals surface area (Å²) >= 11 is 7.93. The Balaban J connectivity index is 1.37. The van der Waals surface area contributed by atoms with Gasteiger partial charge in [-0.1, -0.05) is 29.8 Å². The van der Waals surface area contributed by atoms with Gasteiger partial charge in [0.2, 0.25) is 5.91 Å². The van der Waals surface area contributed by atoms with Crippen LogP contribution >= 0.6 is 23.4 Å². The van der Waals surface area contributed by atoms with Crippen molar-refractivity contribution in [3.05, 3.63) is 52.5 Å². The maximum Gasteiger partial charge on any atom is 0.237 e. The van der Waals surface area contributed by atoms with Gasteiger partial charge in [-0.3, -0.25) is 4.79 Å². The normalized spacial score (nSPS) is 15.5. The molecule has 2 heterocycles. The number of thioether (sulfide) groups is 1. The molecule has 6 heteroatoms. The Labute approximate surface area is 162 Å². The third kappa shape index (κ3) is 3.64. The van der Waals surface area contributed by atoms with E-state index in [1.807, 2.05) is 35.2 Å². The average molecular weight is 390 g/mol. The van der Waals surface area contributed by atoms with Gasteiger partial charge in [-0.2, -0.15) is 0 Å². The molecule has 2 aliphatic heterocycles. The van der Waals surface area contributed by atoms with Crippen LogP contribution in [0.2, 0.25) is 5.02 Å². The number of carbonyl (C=O) groups excluding carboxylic acids is 1. The second-order valence-electron chi connectivity index (χ2n) is 6.37. The van der Waals surface area contributed by atoms with Crippen LogP contribution in [0.25, 0.3) is 0 Å². The highest BCUT2D eigenvalue weighted by molar-refractivity contribution is 7.99. The number of rotatable bonds is 4. The molecule has 136 valence electrons. The van der Waals surface area contributed by atoms with Crippen molar-refractivity contribution in [3.8, 4) is 11.5 Å². The molecule has 1 amide bonds. The van der Waals surface area contributed by atoms with Gasteiger partial charge >= 0.3 is 0 Å². The van der Waals surface area contributed by atoms with Crippen LogP contribution in [0.3, 0.4) is 0 Å². The molecule has 0 atom stereocenters. The zero-order chi connectivity index (χ0) is 17.9. The molecule has 0 unspecified atom stereocenters. The summed E-state index contributed by atoms with van der Waals surface area (Å²) in [4.78, 5) is 14.5. The number of amides is 1. The van der Waals surface area contributed by atoms with E-state index >= 15 is 0 Å². The maximum atomic E-state index is 12.6. The van der Waals surface area contributed by atoms with Crippen molar-refractivity contribution in [1.29, 1.82) is 0 Å². The van der Waals surface area contributed by atoms with E-state index in [1.54, 1.807) is 11.8 Å². The first-order valence-electron chi connectivity index (χ1n) is 8.76. The first-order valence-corrected chi connectivity index (χ1v) is 10.3. The van der Waals surface area contributed by atoms with Crippen molar-refractivity contribution in [2.24, 2.45) is 0 Å². The Morgan fingerprint density at radius 1 is 1.19 bits per heavy atom. The quantitative estimate of drug-likeness (QED) is 0.780. The van der Waals surface area contributed by atoms with Gasteiger partial charge in [0.25, 0.3) is 0 Å². The third-order valence-corrected chi connectivity index (χ3v) is 5.81. The highest BCUT2D eigenvalue weighted by atomic mass is 35.5. The van der Waals surface area contributed by atoms with Crippen LogP contribution in [0.1, 0.15) is 17.5 Å². The van der Waals surface area contributed by atoms with Gasteiger partial charge in [-0.25, -0.2) is 0 Å². The van der Waals surface area contributed by atoms with E-state index in [1.165, 1.54) is 5.56 Å². The lowest BCUT2D eigenvalue weighted by molar-refractivity contribution is -0.116. The number of anilines is 1. The molecular formula is C20H20ClNO3S. The molecule has 26 heavy (non-hydrogen) atoms. The molecule has 2 aliphatic rings. The number of ether oxygens (including phenoxy) is 2. The first-order chi connectivity index (χ1) is 12.7. The van der Waals surface area contributed by atoms with Gasteiger partial charge in [0, 0.05) is 24.4 Å². The van der Waals surface area contributed by atoms with Crippen LogP contribution in [0.15, 0.2) is 36.4 Å². The molecule has 2 aromatic carbocycles. The number of benzene rings is 2. The Bertz CT molecular complexity index is 827. The fraction of sp³-hybridized carbons (Fsp3) is 0.350. The third-order valence-electron chi connectivity index (χ3n) is 4.54. The van der Waals surface area contributed by atoms with E-state index in [0.29, 0.717) is 41.2 Å². The Hall–Kier alpha value is -1.85. The average Bonchev–Trinajstić information content (AvgIpc) is 2.92. The molecule has 0 saturated carbocycles. The van der Waals surface area contributed by atoms with Crippen LogP contribution in [-0.4, -0.2) is 31.4 Å². The minimum Gasteiger partial charge on any atom is -0.489 e. The Morgan fingerprint density at radius 2 is 2.04 bits per heavy atom. The van der Waals surface area contributed by atoms with E-state index in [2.05, 4.69) is 6.07 Å². The lowest BCUT2D eigenvalue weighted by atomic mass is 10.2. The van der Waals surface area contributed by atoms with Gasteiger partial charge < -0.3 is 14.4 Å². The lowest BCUT2D eigenvalue weighted by Gasteiger charge is -2.17. The van der Waals surface area contributed by atoms with E-state index in [4.69, 9.17) is 21.1 Å². The van der Waals surface area contributed by atoms with Crippen molar-refractivity contribution in [1.82, 2.24) is 0 Å². The van der Waals surface area contributed by atoms with Crippen molar-refractivity contribution in [2.75, 3.05) is 30.4 Å². The van der Waals surface area contributed by atoms with E-state index in [9.17, 15) is 4.79 Å². The number of fused-ring (bicyclic) bond motifs is 2. The largest absolute Gasteiger partial charge is 0.489 e. The predicted octanol–water partition coefficient (Wildman–Crippen LogP) is 4.32. The van der Waals surface area contributed by atoms with Gasteiger partial charge in [-0.05, 0) is 35.7 Å². The summed E-state index contributed by atoms with van der Waals surface area (Å²) in [5.41, 5.74) is 3.34. The second-order valence-corrected chi connectivity index (χ2v) is 7.77. The molecule has 0 radical (unpaired) electrons. The monoisotopic (exact) mass is 389 g/mol. The van der Waals surface area contributed by atoms with E-state index in [-0.39, 0.29) is 5.91 Å². The molecule has 2 aromatic rings. The molecule has 4 rings (SSSR count). The summed E-state index contributed by atoms with van der Waals surface area (Å²) in [7, 11) is 0. The van der Waals surface area contributed by atoms with E-state index in [0.717, 1.165) is 30.6 Å². The van der Waals surface area contributed by atoms with Gasteiger partial charge in [0.1, 0.15) is 0 Å². The summed E-state index contributed by atoms with van der Waals surface area (Å²) in [5.74, 6) is 2.63.